The standard InChI is InChI=1S/C14H21N3O3S/c1-11-10-17(8-7-15-11)21(19,20)14-5-3-13(4-6-14)9-16-12(2)18/h3-6,11,15H,7-10H2,1-2H3,(H,16,18). The Balaban J connectivity index is 2.11. The molecule has 7 heteroatoms. The van der Waals surface area contributed by atoms with Crippen molar-refractivity contribution in [3.63, 3.8) is 0 Å². The Bertz CT molecular complexity index is 598. The van der Waals surface area contributed by atoms with Crippen LogP contribution >= 0.6 is 0 Å². The first-order valence-corrected chi connectivity index (χ1v) is 8.40. The Labute approximate surface area is 125 Å². The van der Waals surface area contributed by atoms with Gasteiger partial charge in [-0.1, -0.05) is 12.1 Å². The fraction of sp³-hybridized carbons (Fsp3) is 0.500. The molecule has 1 unspecified atom stereocenters. The number of carbonyl (C=O) groups excluding carboxylic acids is 1. The molecular weight excluding hydrogens is 290 g/mol. The molecule has 1 aromatic carbocycles. The fourth-order valence-electron chi connectivity index (χ4n) is 2.27. The Morgan fingerprint density at radius 1 is 1.38 bits per heavy atom. The molecule has 1 aliphatic heterocycles. The molecule has 1 heterocycles. The average molecular weight is 311 g/mol. The van der Waals surface area contributed by atoms with E-state index in [1.807, 2.05) is 6.92 Å². The van der Waals surface area contributed by atoms with E-state index < -0.39 is 10.0 Å². The SMILES string of the molecule is CC(=O)NCc1ccc(S(=O)(=O)N2CCNC(C)C2)cc1. The molecule has 2 rings (SSSR count). The van der Waals surface area contributed by atoms with Crippen LogP contribution in [0.25, 0.3) is 0 Å². The maximum absolute atomic E-state index is 12.5. The van der Waals surface area contributed by atoms with Crippen LogP contribution in [0.1, 0.15) is 19.4 Å². The second kappa shape index (κ2) is 6.55. The van der Waals surface area contributed by atoms with E-state index in [0.29, 0.717) is 31.1 Å². The summed E-state index contributed by atoms with van der Waals surface area (Å²) in [6.45, 7) is 5.46. The Morgan fingerprint density at radius 3 is 2.62 bits per heavy atom. The van der Waals surface area contributed by atoms with Crippen molar-refractivity contribution >= 4 is 15.9 Å². The van der Waals surface area contributed by atoms with Crippen molar-refractivity contribution in [1.29, 1.82) is 0 Å². The molecule has 2 N–H and O–H groups in total. The van der Waals surface area contributed by atoms with Gasteiger partial charge in [-0.2, -0.15) is 4.31 Å². The van der Waals surface area contributed by atoms with Gasteiger partial charge < -0.3 is 10.6 Å². The number of hydrogen-bond donors (Lipinski definition) is 2. The average Bonchev–Trinajstić information content (AvgIpc) is 2.45. The van der Waals surface area contributed by atoms with E-state index in [2.05, 4.69) is 10.6 Å². The van der Waals surface area contributed by atoms with E-state index in [1.54, 1.807) is 24.3 Å². The third kappa shape index (κ3) is 4.03. The molecule has 0 bridgehead atoms. The van der Waals surface area contributed by atoms with Crippen molar-refractivity contribution in [2.24, 2.45) is 0 Å². The summed E-state index contributed by atoms with van der Waals surface area (Å²) in [5.74, 6) is -0.110. The Hall–Kier alpha value is -1.44. The van der Waals surface area contributed by atoms with Gasteiger partial charge >= 0.3 is 0 Å². The molecule has 0 aliphatic carbocycles. The first-order chi connectivity index (χ1) is 9.89. The number of sulfonamides is 1. The first kappa shape index (κ1) is 15.9. The van der Waals surface area contributed by atoms with Gasteiger partial charge in [-0.25, -0.2) is 8.42 Å². The zero-order valence-electron chi connectivity index (χ0n) is 12.3. The van der Waals surface area contributed by atoms with Crippen molar-refractivity contribution in [2.45, 2.75) is 31.3 Å². The number of benzene rings is 1. The third-order valence-corrected chi connectivity index (χ3v) is 5.31. The molecular formula is C14H21N3O3S. The van der Waals surface area contributed by atoms with Gasteiger partial charge in [0.2, 0.25) is 15.9 Å². The highest BCUT2D eigenvalue weighted by Gasteiger charge is 2.28. The summed E-state index contributed by atoms with van der Waals surface area (Å²) in [4.78, 5) is 11.2. The van der Waals surface area contributed by atoms with E-state index in [0.717, 1.165) is 5.56 Å². The topological polar surface area (TPSA) is 78.5 Å². The number of hydrogen-bond acceptors (Lipinski definition) is 4. The molecule has 0 aromatic heterocycles. The minimum absolute atomic E-state index is 0.110. The minimum atomic E-state index is -3.44. The molecule has 1 atom stereocenters. The van der Waals surface area contributed by atoms with Gasteiger partial charge in [0.05, 0.1) is 4.90 Å². The highest BCUT2D eigenvalue weighted by Crippen LogP contribution is 2.18. The van der Waals surface area contributed by atoms with Crippen LogP contribution in [0.5, 0.6) is 0 Å². The van der Waals surface area contributed by atoms with E-state index in [-0.39, 0.29) is 11.9 Å². The maximum Gasteiger partial charge on any atom is 0.243 e. The van der Waals surface area contributed by atoms with Gasteiger partial charge in [0, 0.05) is 39.1 Å². The van der Waals surface area contributed by atoms with E-state index in [4.69, 9.17) is 0 Å². The third-order valence-electron chi connectivity index (χ3n) is 3.43. The summed E-state index contributed by atoms with van der Waals surface area (Å²) in [6, 6.07) is 6.81. The van der Waals surface area contributed by atoms with E-state index in [9.17, 15) is 13.2 Å². The van der Waals surface area contributed by atoms with Gasteiger partial charge in [0.25, 0.3) is 0 Å². The zero-order chi connectivity index (χ0) is 15.5. The number of piperazine rings is 1. The predicted octanol–water partition coefficient (Wildman–Crippen LogP) is 0.305. The molecule has 0 radical (unpaired) electrons. The van der Waals surface area contributed by atoms with Gasteiger partial charge in [0.1, 0.15) is 0 Å². The summed E-state index contributed by atoms with van der Waals surface area (Å²) in [5, 5.41) is 5.91. The molecule has 1 amide bonds. The van der Waals surface area contributed by atoms with E-state index in [1.165, 1.54) is 11.2 Å². The second-order valence-electron chi connectivity index (χ2n) is 5.27. The largest absolute Gasteiger partial charge is 0.352 e. The lowest BCUT2D eigenvalue weighted by atomic mass is 10.2. The van der Waals surface area contributed by atoms with Crippen molar-refractivity contribution in [1.82, 2.24) is 14.9 Å². The molecule has 1 aromatic rings. The number of carbonyl (C=O) groups is 1. The molecule has 0 spiro atoms. The van der Waals surface area contributed by atoms with Crippen molar-refractivity contribution in [3.8, 4) is 0 Å². The maximum atomic E-state index is 12.5. The molecule has 0 saturated carbocycles. The van der Waals surface area contributed by atoms with Crippen LogP contribution in [0.3, 0.4) is 0 Å². The summed E-state index contributed by atoms with van der Waals surface area (Å²) >= 11 is 0. The Morgan fingerprint density at radius 2 is 2.05 bits per heavy atom. The molecule has 6 nitrogen and oxygen atoms in total. The lowest BCUT2D eigenvalue weighted by Gasteiger charge is -2.31. The van der Waals surface area contributed by atoms with Gasteiger partial charge in [-0.15, -0.1) is 0 Å². The van der Waals surface area contributed by atoms with Crippen LogP contribution in [-0.4, -0.2) is 44.3 Å². The molecule has 1 aliphatic rings. The van der Waals surface area contributed by atoms with Crippen LogP contribution in [0, 0.1) is 0 Å². The molecule has 1 saturated heterocycles. The minimum Gasteiger partial charge on any atom is -0.352 e. The highest BCUT2D eigenvalue weighted by atomic mass is 32.2. The van der Waals surface area contributed by atoms with Crippen LogP contribution in [0.15, 0.2) is 29.2 Å². The molecule has 21 heavy (non-hydrogen) atoms. The van der Waals surface area contributed by atoms with Gasteiger partial charge in [-0.3, -0.25) is 4.79 Å². The van der Waals surface area contributed by atoms with E-state index >= 15 is 0 Å². The molecule has 1 fully saturated rings. The number of nitrogens with one attached hydrogen (secondary N) is 2. The summed E-state index contributed by atoms with van der Waals surface area (Å²) in [7, 11) is -3.44. The fourth-order valence-corrected chi connectivity index (χ4v) is 3.80. The lowest BCUT2D eigenvalue weighted by molar-refractivity contribution is -0.119. The van der Waals surface area contributed by atoms with Crippen molar-refractivity contribution < 1.29 is 13.2 Å². The monoisotopic (exact) mass is 311 g/mol. The van der Waals surface area contributed by atoms with Crippen LogP contribution in [0.2, 0.25) is 0 Å². The lowest BCUT2D eigenvalue weighted by Crippen LogP contribution is -2.51. The quantitative estimate of drug-likeness (QED) is 0.838. The summed E-state index contributed by atoms with van der Waals surface area (Å²) < 4.78 is 26.6. The van der Waals surface area contributed by atoms with Crippen LogP contribution in [0.4, 0.5) is 0 Å². The van der Waals surface area contributed by atoms with Crippen molar-refractivity contribution in [2.75, 3.05) is 19.6 Å². The van der Waals surface area contributed by atoms with Gasteiger partial charge in [0.15, 0.2) is 0 Å². The Kier molecular flexibility index (Phi) is 4.97. The predicted molar refractivity (Wildman–Crippen MR) is 80.2 cm³/mol. The highest BCUT2D eigenvalue weighted by molar-refractivity contribution is 7.89. The number of amides is 1. The number of rotatable bonds is 4. The van der Waals surface area contributed by atoms with Crippen molar-refractivity contribution in [3.05, 3.63) is 29.8 Å². The zero-order valence-corrected chi connectivity index (χ0v) is 13.1. The smallest absolute Gasteiger partial charge is 0.243 e. The van der Waals surface area contributed by atoms with Crippen LogP contribution in [-0.2, 0) is 21.4 Å². The second-order valence-corrected chi connectivity index (χ2v) is 7.21. The van der Waals surface area contributed by atoms with Gasteiger partial charge in [-0.05, 0) is 24.6 Å². The van der Waals surface area contributed by atoms with Crippen LogP contribution < -0.4 is 10.6 Å². The molecule has 116 valence electrons. The normalized spacial score (nSPS) is 20.2. The summed E-state index contributed by atoms with van der Waals surface area (Å²) in [6.07, 6.45) is 0. The number of nitrogens with zero attached hydrogens (tertiary/aromatic N) is 1. The first-order valence-electron chi connectivity index (χ1n) is 6.96. The summed E-state index contributed by atoms with van der Waals surface area (Å²) in [5.41, 5.74) is 0.873.